The van der Waals surface area contributed by atoms with Crippen LogP contribution in [0.5, 0.6) is 5.75 Å². The number of hydrogen-bond donors (Lipinski definition) is 3. The molecule has 3 aliphatic rings. The van der Waals surface area contributed by atoms with Crippen LogP contribution in [-0.2, 0) is 24.3 Å². The van der Waals surface area contributed by atoms with Gasteiger partial charge in [-0.2, -0.15) is 14.6 Å². The highest BCUT2D eigenvalue weighted by Gasteiger charge is 2.28. The van der Waals surface area contributed by atoms with Crippen LogP contribution >= 0.6 is 0 Å². The van der Waals surface area contributed by atoms with Gasteiger partial charge < -0.3 is 10.4 Å². The Labute approximate surface area is 331 Å². The number of fused-ring (bicyclic) bond motifs is 3. The van der Waals surface area contributed by atoms with E-state index in [1.807, 2.05) is 16.9 Å². The summed E-state index contributed by atoms with van der Waals surface area (Å²) in [5.74, 6) is -7.25. The third-order valence-electron chi connectivity index (χ3n) is 11.8. The van der Waals surface area contributed by atoms with Crippen molar-refractivity contribution in [2.45, 2.75) is 64.1 Å². The zero-order valence-corrected chi connectivity index (χ0v) is 31.6. The van der Waals surface area contributed by atoms with Crippen molar-refractivity contribution in [2.75, 3.05) is 24.5 Å². The predicted molar refractivity (Wildman–Crippen MR) is 210 cm³/mol. The number of nitrogens with one attached hydrogen (secondary N) is 2. The van der Waals surface area contributed by atoms with Crippen LogP contribution in [0.1, 0.15) is 71.6 Å². The molecule has 58 heavy (non-hydrogen) atoms. The van der Waals surface area contributed by atoms with Crippen LogP contribution in [0.25, 0.3) is 27.5 Å². The summed E-state index contributed by atoms with van der Waals surface area (Å²) in [4.78, 5) is 40.4. The highest BCUT2D eigenvalue weighted by Crippen LogP contribution is 2.35. The number of benzene rings is 3. The van der Waals surface area contributed by atoms with Crippen LogP contribution in [-0.4, -0.2) is 66.9 Å². The van der Waals surface area contributed by atoms with Gasteiger partial charge in [0.1, 0.15) is 0 Å². The number of urea groups is 1. The monoisotopic (exact) mass is 790 g/mol. The molecule has 0 unspecified atom stereocenters. The second-order valence-electron chi connectivity index (χ2n) is 15.6. The van der Waals surface area contributed by atoms with E-state index in [9.17, 15) is 32.7 Å². The first-order valence-electron chi connectivity index (χ1n) is 19.6. The molecule has 1 aliphatic carbocycles. The van der Waals surface area contributed by atoms with Crippen molar-refractivity contribution in [3.8, 4) is 16.9 Å². The number of halogens is 3. The van der Waals surface area contributed by atoms with Crippen molar-refractivity contribution in [3.05, 3.63) is 113 Å². The quantitative estimate of drug-likeness (QED) is 0.127. The van der Waals surface area contributed by atoms with Gasteiger partial charge in [-0.05, 0) is 103 Å². The zero-order valence-electron chi connectivity index (χ0n) is 31.6. The molecule has 3 N–H and O–H groups in total. The minimum absolute atomic E-state index is 0.127. The Morgan fingerprint density at radius 2 is 1.71 bits per heavy atom. The lowest BCUT2D eigenvalue weighted by atomic mass is 9.86. The third kappa shape index (κ3) is 7.25. The van der Waals surface area contributed by atoms with E-state index >= 15 is 0 Å². The summed E-state index contributed by atoms with van der Waals surface area (Å²) < 4.78 is 45.4. The number of rotatable bonds is 10. The van der Waals surface area contributed by atoms with Gasteiger partial charge in [-0.3, -0.25) is 29.4 Å². The highest BCUT2D eigenvalue weighted by molar-refractivity contribution is 6.07. The number of amides is 4. The number of phenolic OH excluding ortho intramolecular Hbond substituents is 1. The molecule has 0 radical (unpaired) electrons. The molecular formula is C43H41F3N8O4. The summed E-state index contributed by atoms with van der Waals surface area (Å²) in [7, 11) is 0. The van der Waals surface area contributed by atoms with E-state index in [2.05, 4.69) is 69.3 Å². The molecule has 9 rings (SSSR count). The van der Waals surface area contributed by atoms with Crippen molar-refractivity contribution < 1.29 is 32.7 Å². The van der Waals surface area contributed by atoms with E-state index in [1.165, 1.54) is 11.1 Å². The number of aryl methyl sites for hydroxylation is 1. The maximum absolute atomic E-state index is 14.1. The summed E-state index contributed by atoms with van der Waals surface area (Å²) in [6.07, 6.45) is 11.2. The van der Waals surface area contributed by atoms with Gasteiger partial charge in [0.25, 0.3) is 5.91 Å². The number of nitrogens with zero attached hydrogens (tertiary/aromatic N) is 6. The minimum atomic E-state index is -1.78. The van der Waals surface area contributed by atoms with Crippen LogP contribution in [0.4, 0.5) is 23.7 Å². The smallest absolute Gasteiger partial charge is 0.328 e. The molecule has 4 amide bonds. The van der Waals surface area contributed by atoms with Crippen molar-refractivity contribution in [1.29, 1.82) is 0 Å². The Morgan fingerprint density at radius 1 is 0.914 bits per heavy atom. The first kappa shape index (κ1) is 37.4. The number of carbonyl (C=O) groups is 3. The van der Waals surface area contributed by atoms with E-state index < -0.39 is 40.7 Å². The second kappa shape index (κ2) is 15.3. The molecule has 3 aromatic heterocycles. The molecule has 0 spiro atoms. The van der Waals surface area contributed by atoms with Crippen molar-refractivity contribution >= 4 is 40.0 Å². The van der Waals surface area contributed by atoms with Crippen LogP contribution in [0.2, 0.25) is 0 Å². The number of imide groups is 1. The van der Waals surface area contributed by atoms with E-state index in [0.29, 0.717) is 18.3 Å². The molecule has 1 saturated heterocycles. The van der Waals surface area contributed by atoms with Crippen molar-refractivity contribution in [1.82, 2.24) is 34.9 Å². The third-order valence-corrected chi connectivity index (χ3v) is 11.8. The predicted octanol–water partition coefficient (Wildman–Crippen LogP) is 7.03. The van der Waals surface area contributed by atoms with Crippen LogP contribution in [0, 0.1) is 23.4 Å². The van der Waals surface area contributed by atoms with Gasteiger partial charge in [0, 0.05) is 50.4 Å². The molecule has 6 aromatic rings. The molecule has 5 heterocycles. The molecule has 298 valence electrons. The lowest BCUT2D eigenvalue weighted by molar-refractivity contribution is -0.120. The molecule has 12 nitrogen and oxygen atoms in total. The Kier molecular flexibility index (Phi) is 9.84. The Bertz CT molecular complexity index is 2600. The van der Waals surface area contributed by atoms with Gasteiger partial charge in [-0.1, -0.05) is 30.3 Å². The van der Waals surface area contributed by atoms with E-state index in [-0.39, 0.29) is 30.8 Å². The second-order valence-corrected chi connectivity index (χ2v) is 15.6. The fourth-order valence-electron chi connectivity index (χ4n) is 8.57. The van der Waals surface area contributed by atoms with Crippen LogP contribution in [0.15, 0.2) is 73.2 Å². The van der Waals surface area contributed by atoms with Gasteiger partial charge in [-0.15, -0.1) is 0 Å². The first-order valence-corrected chi connectivity index (χ1v) is 19.6. The van der Waals surface area contributed by atoms with Gasteiger partial charge in [0.2, 0.25) is 11.7 Å². The minimum Gasteiger partial charge on any atom is -0.503 e. The van der Waals surface area contributed by atoms with Crippen molar-refractivity contribution in [3.63, 3.8) is 0 Å². The van der Waals surface area contributed by atoms with E-state index in [4.69, 9.17) is 5.10 Å². The number of phenols is 1. The zero-order chi connectivity index (χ0) is 40.1. The van der Waals surface area contributed by atoms with Gasteiger partial charge in [0.15, 0.2) is 17.4 Å². The average molecular weight is 791 g/mol. The van der Waals surface area contributed by atoms with Crippen LogP contribution < -0.4 is 15.5 Å². The molecule has 0 bridgehead atoms. The summed E-state index contributed by atoms with van der Waals surface area (Å²) in [5, 5.41) is 24.7. The number of pyridine rings is 1. The fourth-order valence-corrected chi connectivity index (χ4v) is 8.57. The first-order chi connectivity index (χ1) is 28.1. The lowest BCUT2D eigenvalue weighted by Crippen LogP contribution is -2.49. The van der Waals surface area contributed by atoms with Crippen molar-refractivity contribution in [2.24, 2.45) is 5.92 Å². The SMILES string of the molecule is O=C1CCN(c2cnn3cc(CCCN4Cc5ccc(-c6ccc7cn([C@H]8CC[C@H](CNC(=O)c9cc(F)c(O)c(F)c9F)CC8)nc7c6)cc5C4)ccc23)C(=O)N1. The van der Waals surface area contributed by atoms with Gasteiger partial charge in [0.05, 0.1) is 34.5 Å². The summed E-state index contributed by atoms with van der Waals surface area (Å²) >= 11 is 0. The Hall–Kier alpha value is -6.22. The topological polar surface area (TPSA) is 137 Å². The maximum atomic E-state index is 14.1. The standard InChI is InChI=1S/C43H41F3N8O4/c44-34-18-33(39(45)40(46)41(34)56)42(57)47-19-25-3-10-32(11-4-25)53-24-30-9-7-28(17-35(30)50-53)27-6-8-29-22-51(23-31(29)16-27)14-1-2-26-5-12-36-37(20-48-54(36)21-26)52-15-13-38(55)49-43(52)58/h5-9,12,16-18,20-21,24-25,32,56H,1-4,10-11,13-15,19,22-23H2,(H,47,57)(H,49,55,58)/t25-,32-. The number of aromatic nitrogens is 4. The Morgan fingerprint density at radius 3 is 2.53 bits per heavy atom. The molecule has 1 saturated carbocycles. The van der Waals surface area contributed by atoms with E-state index in [0.717, 1.165) is 91.3 Å². The largest absolute Gasteiger partial charge is 0.503 e. The summed E-state index contributed by atoms with van der Waals surface area (Å²) in [6.45, 7) is 3.33. The summed E-state index contributed by atoms with van der Waals surface area (Å²) in [5.41, 5.74) is 7.75. The Balaban J connectivity index is 0.769. The molecule has 0 atom stereocenters. The number of carbonyl (C=O) groups excluding carboxylic acids is 3. The molecule has 15 heteroatoms. The number of hydrogen-bond acceptors (Lipinski definition) is 7. The van der Waals surface area contributed by atoms with E-state index in [1.54, 1.807) is 15.6 Å². The highest BCUT2D eigenvalue weighted by atomic mass is 19.2. The molecule has 2 fully saturated rings. The molecular weight excluding hydrogens is 750 g/mol. The van der Waals surface area contributed by atoms with Gasteiger partial charge in [-0.25, -0.2) is 18.1 Å². The normalized spacial score (nSPS) is 18.6. The summed E-state index contributed by atoms with van der Waals surface area (Å²) in [6, 6.07) is 17.4. The lowest BCUT2D eigenvalue weighted by Gasteiger charge is -2.28. The maximum Gasteiger partial charge on any atom is 0.328 e. The molecule has 2 aliphatic heterocycles. The number of aromatic hydroxyl groups is 1. The molecule has 3 aromatic carbocycles. The van der Waals surface area contributed by atoms with Crippen LogP contribution in [0.3, 0.4) is 0 Å². The average Bonchev–Trinajstić information content (AvgIpc) is 3.97. The number of anilines is 1. The fraction of sp³-hybridized carbons (Fsp3) is 0.326. The van der Waals surface area contributed by atoms with Gasteiger partial charge >= 0.3 is 6.03 Å².